The van der Waals surface area contributed by atoms with E-state index < -0.39 is 0 Å². The first kappa shape index (κ1) is 20.9. The predicted octanol–water partition coefficient (Wildman–Crippen LogP) is 5.76. The minimum absolute atomic E-state index is 0.244. The summed E-state index contributed by atoms with van der Waals surface area (Å²) >= 11 is 0. The van der Waals surface area contributed by atoms with Crippen LogP contribution in [0, 0.1) is 0 Å². The standard InChI is InChI=1S/C25H35NO2/c1-3-20(8-4-5-18-27)23-16-17-24(26(23)2)25(28)9-6-7-19-10-12-21(13-11-19)22-14-15-22/h10-13,16-17,20,22,27H,3-9,14-15,18H2,1-2H3/t20-/m1/s1. The fourth-order valence-electron chi connectivity index (χ4n) is 4.23. The minimum atomic E-state index is 0.244. The zero-order chi connectivity index (χ0) is 19.9. The highest BCUT2D eigenvalue weighted by molar-refractivity contribution is 5.94. The van der Waals surface area contributed by atoms with Crippen LogP contribution in [0.25, 0.3) is 0 Å². The molecule has 3 heteroatoms. The van der Waals surface area contributed by atoms with Gasteiger partial charge in [-0.05, 0) is 80.0 Å². The molecular formula is C25H35NO2. The monoisotopic (exact) mass is 381 g/mol. The molecule has 3 nitrogen and oxygen atoms in total. The first-order chi connectivity index (χ1) is 13.6. The van der Waals surface area contributed by atoms with Crippen molar-refractivity contribution in [2.24, 2.45) is 7.05 Å². The van der Waals surface area contributed by atoms with Crippen LogP contribution in [0.3, 0.4) is 0 Å². The van der Waals surface area contributed by atoms with Crippen LogP contribution in [-0.4, -0.2) is 22.1 Å². The summed E-state index contributed by atoms with van der Waals surface area (Å²) in [5.41, 5.74) is 4.89. The molecule has 28 heavy (non-hydrogen) atoms. The fraction of sp³-hybridized carbons (Fsp3) is 0.560. The predicted molar refractivity (Wildman–Crippen MR) is 115 cm³/mol. The van der Waals surface area contributed by atoms with E-state index in [-0.39, 0.29) is 12.4 Å². The third-order valence-electron chi connectivity index (χ3n) is 6.22. The largest absolute Gasteiger partial charge is 0.396 e. The summed E-state index contributed by atoms with van der Waals surface area (Å²) in [6.07, 6.45) is 9.16. The maximum absolute atomic E-state index is 12.7. The van der Waals surface area contributed by atoms with Crippen LogP contribution in [0.4, 0.5) is 0 Å². The molecule has 1 aliphatic carbocycles. The summed E-state index contributed by atoms with van der Waals surface area (Å²) in [7, 11) is 2.02. The third kappa shape index (κ3) is 5.35. The topological polar surface area (TPSA) is 42.2 Å². The SMILES string of the molecule is CC[C@H](CCCCO)c1ccc(C(=O)CCCc2ccc(C3CC3)cc2)n1C. The highest BCUT2D eigenvalue weighted by atomic mass is 16.2. The van der Waals surface area contributed by atoms with Crippen LogP contribution < -0.4 is 0 Å². The second kappa shape index (κ2) is 10.1. The van der Waals surface area contributed by atoms with Crippen LogP contribution >= 0.6 is 0 Å². The van der Waals surface area contributed by atoms with Gasteiger partial charge in [0, 0.05) is 25.8 Å². The summed E-state index contributed by atoms with van der Waals surface area (Å²) in [4.78, 5) is 12.7. The quantitative estimate of drug-likeness (QED) is 0.375. The van der Waals surface area contributed by atoms with Crippen LogP contribution in [-0.2, 0) is 13.5 Å². The fourth-order valence-corrected chi connectivity index (χ4v) is 4.23. The van der Waals surface area contributed by atoms with Gasteiger partial charge in [0.2, 0.25) is 0 Å². The second-order valence-electron chi connectivity index (χ2n) is 8.32. The van der Waals surface area contributed by atoms with Gasteiger partial charge in [-0.3, -0.25) is 4.79 Å². The Morgan fingerprint density at radius 2 is 1.86 bits per heavy atom. The van der Waals surface area contributed by atoms with Gasteiger partial charge in [0.1, 0.15) is 0 Å². The van der Waals surface area contributed by atoms with Crippen molar-refractivity contribution in [3.63, 3.8) is 0 Å². The van der Waals surface area contributed by atoms with Crippen LogP contribution in [0.1, 0.15) is 97.4 Å². The number of aliphatic hydroxyl groups excluding tert-OH is 1. The van der Waals surface area contributed by atoms with Gasteiger partial charge >= 0.3 is 0 Å². The highest BCUT2D eigenvalue weighted by Crippen LogP contribution is 2.39. The first-order valence-corrected chi connectivity index (χ1v) is 11.0. The van der Waals surface area contributed by atoms with Crippen LogP contribution in [0.5, 0.6) is 0 Å². The number of carbonyl (C=O) groups is 1. The molecular weight excluding hydrogens is 346 g/mol. The molecule has 0 amide bonds. The highest BCUT2D eigenvalue weighted by Gasteiger charge is 2.23. The molecule has 0 aliphatic heterocycles. The zero-order valence-corrected chi connectivity index (χ0v) is 17.5. The van der Waals surface area contributed by atoms with Crippen molar-refractivity contribution in [2.75, 3.05) is 6.61 Å². The summed E-state index contributed by atoms with van der Waals surface area (Å²) in [6, 6.07) is 13.1. The van der Waals surface area contributed by atoms with Crippen molar-refractivity contribution in [3.05, 3.63) is 58.9 Å². The molecule has 0 unspecified atom stereocenters. The lowest BCUT2D eigenvalue weighted by Crippen LogP contribution is -2.11. The van der Waals surface area contributed by atoms with Gasteiger partial charge in [0.25, 0.3) is 0 Å². The Hall–Kier alpha value is -1.87. The van der Waals surface area contributed by atoms with E-state index in [0.717, 1.165) is 50.1 Å². The Labute approximate surface area is 169 Å². The van der Waals surface area contributed by atoms with E-state index in [1.54, 1.807) is 0 Å². The number of rotatable bonds is 12. The van der Waals surface area contributed by atoms with E-state index in [9.17, 15) is 4.79 Å². The molecule has 2 aromatic rings. The normalized spacial score (nSPS) is 15.0. The molecule has 1 fully saturated rings. The number of unbranched alkanes of at least 4 members (excludes halogenated alkanes) is 1. The average Bonchev–Trinajstić information content (AvgIpc) is 3.49. The number of aryl methyl sites for hydroxylation is 1. The average molecular weight is 382 g/mol. The lowest BCUT2D eigenvalue weighted by atomic mass is 9.96. The Bertz CT molecular complexity index is 755. The number of aliphatic hydroxyl groups is 1. The summed E-state index contributed by atoms with van der Waals surface area (Å²) < 4.78 is 2.10. The van der Waals surface area contributed by atoms with Gasteiger partial charge in [-0.15, -0.1) is 0 Å². The van der Waals surface area contributed by atoms with E-state index in [4.69, 9.17) is 5.11 Å². The lowest BCUT2D eigenvalue weighted by Gasteiger charge is -2.17. The van der Waals surface area contributed by atoms with E-state index >= 15 is 0 Å². The molecule has 1 aromatic carbocycles. The van der Waals surface area contributed by atoms with Gasteiger partial charge in [-0.25, -0.2) is 0 Å². The van der Waals surface area contributed by atoms with Gasteiger partial charge in [0.15, 0.2) is 5.78 Å². The van der Waals surface area contributed by atoms with Crippen molar-refractivity contribution in [3.8, 4) is 0 Å². The minimum Gasteiger partial charge on any atom is -0.396 e. The Kier molecular flexibility index (Phi) is 7.50. The zero-order valence-electron chi connectivity index (χ0n) is 17.5. The van der Waals surface area contributed by atoms with Crippen molar-refractivity contribution >= 4 is 5.78 Å². The maximum Gasteiger partial charge on any atom is 0.179 e. The number of benzene rings is 1. The summed E-state index contributed by atoms with van der Waals surface area (Å²) in [5.74, 6) is 1.51. The number of nitrogens with zero attached hydrogens (tertiary/aromatic N) is 1. The van der Waals surface area contributed by atoms with E-state index in [2.05, 4.69) is 41.8 Å². The summed E-state index contributed by atoms with van der Waals surface area (Å²) in [5, 5.41) is 9.01. The number of aromatic nitrogens is 1. The molecule has 1 N–H and O–H groups in total. The van der Waals surface area contributed by atoms with Crippen molar-refractivity contribution < 1.29 is 9.90 Å². The molecule has 3 rings (SSSR count). The Morgan fingerprint density at radius 1 is 1.11 bits per heavy atom. The van der Waals surface area contributed by atoms with Crippen LogP contribution in [0.15, 0.2) is 36.4 Å². The molecule has 1 heterocycles. The molecule has 1 atom stereocenters. The molecule has 152 valence electrons. The molecule has 1 saturated carbocycles. The smallest absolute Gasteiger partial charge is 0.179 e. The Morgan fingerprint density at radius 3 is 2.50 bits per heavy atom. The number of Topliss-reactive ketones (excluding diaryl/α,β-unsaturated/α-hetero) is 1. The maximum atomic E-state index is 12.7. The van der Waals surface area contributed by atoms with Crippen molar-refractivity contribution in [1.82, 2.24) is 4.57 Å². The van der Waals surface area contributed by atoms with Crippen LogP contribution in [0.2, 0.25) is 0 Å². The lowest BCUT2D eigenvalue weighted by molar-refractivity contribution is 0.0972. The number of carbonyl (C=O) groups excluding carboxylic acids is 1. The Balaban J connectivity index is 1.51. The number of ketones is 1. The number of hydrogen-bond acceptors (Lipinski definition) is 2. The molecule has 0 spiro atoms. The van der Waals surface area contributed by atoms with Crippen molar-refractivity contribution in [2.45, 2.75) is 76.5 Å². The first-order valence-electron chi connectivity index (χ1n) is 11.0. The van der Waals surface area contributed by atoms with Gasteiger partial charge < -0.3 is 9.67 Å². The van der Waals surface area contributed by atoms with E-state index in [1.807, 2.05) is 13.1 Å². The summed E-state index contributed by atoms with van der Waals surface area (Å²) in [6.45, 7) is 2.46. The van der Waals surface area contributed by atoms with Gasteiger partial charge in [0.05, 0.1) is 5.69 Å². The third-order valence-corrected chi connectivity index (χ3v) is 6.22. The van der Waals surface area contributed by atoms with Gasteiger partial charge in [-0.1, -0.05) is 37.6 Å². The molecule has 1 aliphatic rings. The number of hydrogen-bond donors (Lipinski definition) is 1. The second-order valence-corrected chi connectivity index (χ2v) is 8.32. The van der Waals surface area contributed by atoms with Gasteiger partial charge in [-0.2, -0.15) is 0 Å². The van der Waals surface area contributed by atoms with E-state index in [1.165, 1.54) is 29.7 Å². The molecule has 0 saturated heterocycles. The molecule has 1 aromatic heterocycles. The van der Waals surface area contributed by atoms with E-state index in [0.29, 0.717) is 12.3 Å². The molecule has 0 radical (unpaired) electrons. The van der Waals surface area contributed by atoms with Crippen molar-refractivity contribution in [1.29, 1.82) is 0 Å². The molecule has 0 bridgehead atoms.